The molecule has 138 valence electrons. The molecule has 2 aliphatic heterocycles. The van der Waals surface area contributed by atoms with Gasteiger partial charge >= 0.3 is 0 Å². The van der Waals surface area contributed by atoms with Gasteiger partial charge in [-0.25, -0.2) is 4.68 Å². The number of allylic oxidation sites excluding steroid dienone is 2. The molecule has 27 heavy (non-hydrogen) atoms. The van der Waals surface area contributed by atoms with E-state index in [0.29, 0.717) is 25.9 Å². The highest BCUT2D eigenvalue weighted by atomic mass is 16.2. The highest BCUT2D eigenvalue weighted by Gasteiger charge is 2.52. The van der Waals surface area contributed by atoms with Crippen LogP contribution in [0.25, 0.3) is 11.0 Å². The number of hydrogen-bond acceptors (Lipinski definition) is 5. The van der Waals surface area contributed by atoms with Crippen LogP contribution in [-0.4, -0.2) is 61.6 Å². The molecule has 0 spiro atoms. The Morgan fingerprint density at radius 3 is 2.41 bits per heavy atom. The smallest absolute Gasteiger partial charge is 0.244 e. The van der Waals surface area contributed by atoms with Crippen molar-refractivity contribution >= 4 is 28.8 Å². The van der Waals surface area contributed by atoms with Crippen molar-refractivity contribution < 1.29 is 14.4 Å². The van der Waals surface area contributed by atoms with Crippen LogP contribution in [0.5, 0.6) is 0 Å². The second-order valence-electron chi connectivity index (χ2n) is 7.39. The molecule has 8 nitrogen and oxygen atoms in total. The van der Waals surface area contributed by atoms with E-state index < -0.39 is 0 Å². The van der Waals surface area contributed by atoms with Crippen LogP contribution in [-0.2, 0) is 20.9 Å². The number of imide groups is 1. The molecular weight excluding hydrogens is 346 g/mol. The van der Waals surface area contributed by atoms with E-state index in [4.69, 9.17) is 0 Å². The monoisotopic (exact) mass is 365 g/mol. The van der Waals surface area contributed by atoms with Gasteiger partial charge in [0.2, 0.25) is 17.7 Å². The lowest BCUT2D eigenvalue weighted by molar-refractivity contribution is -0.153. The fourth-order valence-electron chi connectivity index (χ4n) is 4.27. The maximum absolute atomic E-state index is 12.6. The minimum atomic E-state index is -0.214. The van der Waals surface area contributed by atoms with E-state index in [9.17, 15) is 14.4 Å². The van der Waals surface area contributed by atoms with Crippen molar-refractivity contribution in [2.24, 2.45) is 11.8 Å². The molecule has 2 unspecified atom stereocenters. The standard InChI is InChI=1S/C19H19N5O3/c25-17(11-23-16-8-4-3-7-15(16)20-21-23)22-9-12(10-22)24-18(26)13-5-1-2-6-14(13)19(24)27/h1-4,7-8,12-14H,5-6,9-11H2. The topological polar surface area (TPSA) is 88.4 Å². The highest BCUT2D eigenvalue weighted by Crippen LogP contribution is 2.37. The Morgan fingerprint density at radius 1 is 1.04 bits per heavy atom. The van der Waals surface area contributed by atoms with E-state index >= 15 is 0 Å². The van der Waals surface area contributed by atoms with Gasteiger partial charge in [0, 0.05) is 13.1 Å². The van der Waals surface area contributed by atoms with Gasteiger partial charge in [-0.1, -0.05) is 29.5 Å². The first-order valence-electron chi connectivity index (χ1n) is 9.21. The molecule has 0 radical (unpaired) electrons. The molecule has 1 aromatic heterocycles. The van der Waals surface area contributed by atoms with Gasteiger partial charge in [0.1, 0.15) is 12.1 Å². The molecule has 2 fully saturated rings. The number of fused-ring (bicyclic) bond motifs is 2. The maximum Gasteiger partial charge on any atom is 0.244 e. The lowest BCUT2D eigenvalue weighted by Gasteiger charge is -2.43. The third kappa shape index (κ3) is 2.47. The largest absolute Gasteiger partial charge is 0.337 e. The van der Waals surface area contributed by atoms with E-state index in [0.717, 1.165) is 11.0 Å². The normalized spacial score (nSPS) is 25.2. The zero-order chi connectivity index (χ0) is 18.5. The predicted molar refractivity (Wildman–Crippen MR) is 95.1 cm³/mol. The average molecular weight is 365 g/mol. The highest BCUT2D eigenvalue weighted by molar-refractivity contribution is 6.06. The molecule has 3 heterocycles. The second-order valence-corrected chi connectivity index (χ2v) is 7.39. The number of likely N-dealkylation sites (tertiary alicyclic amines) is 2. The number of amides is 3. The Bertz CT molecular complexity index is 949. The van der Waals surface area contributed by atoms with E-state index in [-0.39, 0.29) is 42.1 Å². The number of aromatic nitrogens is 3. The zero-order valence-electron chi connectivity index (χ0n) is 14.7. The fraction of sp³-hybridized carbons (Fsp3) is 0.421. The quantitative estimate of drug-likeness (QED) is 0.587. The van der Waals surface area contributed by atoms with Crippen LogP contribution in [0.4, 0.5) is 0 Å². The first kappa shape index (κ1) is 16.2. The predicted octanol–water partition coefficient (Wildman–Crippen LogP) is 0.593. The number of carbonyl (C=O) groups is 3. The Morgan fingerprint density at radius 2 is 1.70 bits per heavy atom. The lowest BCUT2D eigenvalue weighted by atomic mass is 9.85. The number of carbonyl (C=O) groups excluding carboxylic acids is 3. The van der Waals surface area contributed by atoms with Gasteiger partial charge in [-0.05, 0) is 25.0 Å². The first-order valence-corrected chi connectivity index (χ1v) is 9.21. The summed E-state index contributed by atoms with van der Waals surface area (Å²) in [5.41, 5.74) is 1.56. The van der Waals surface area contributed by atoms with E-state index in [1.54, 1.807) is 9.58 Å². The van der Waals surface area contributed by atoms with Gasteiger partial charge in [0.05, 0.1) is 23.4 Å². The molecule has 2 saturated heterocycles. The van der Waals surface area contributed by atoms with Crippen molar-refractivity contribution in [3.05, 3.63) is 36.4 Å². The number of rotatable bonds is 3. The molecule has 8 heteroatoms. The molecule has 5 rings (SSSR count). The Labute approximate surface area is 155 Å². The van der Waals surface area contributed by atoms with Gasteiger partial charge in [-0.15, -0.1) is 5.10 Å². The lowest BCUT2D eigenvalue weighted by Crippen LogP contribution is -2.63. The summed E-state index contributed by atoms with van der Waals surface area (Å²) in [4.78, 5) is 40.9. The summed E-state index contributed by atoms with van der Waals surface area (Å²) in [5, 5.41) is 8.09. The van der Waals surface area contributed by atoms with Crippen LogP contribution in [0.15, 0.2) is 36.4 Å². The molecule has 2 aromatic rings. The molecule has 0 N–H and O–H groups in total. The van der Waals surface area contributed by atoms with Crippen molar-refractivity contribution in [2.45, 2.75) is 25.4 Å². The summed E-state index contributed by atoms with van der Waals surface area (Å²) in [5.74, 6) is -0.662. The molecule has 0 bridgehead atoms. The SMILES string of the molecule is O=C(Cn1nnc2ccccc21)N1CC(N2C(=O)C3CC=CCC3C2=O)C1. The van der Waals surface area contributed by atoms with Gasteiger partial charge < -0.3 is 4.90 Å². The van der Waals surface area contributed by atoms with Crippen LogP contribution >= 0.6 is 0 Å². The van der Waals surface area contributed by atoms with Gasteiger partial charge in [-0.2, -0.15) is 0 Å². The maximum atomic E-state index is 12.6. The van der Waals surface area contributed by atoms with Crippen molar-refractivity contribution in [3.8, 4) is 0 Å². The molecule has 2 atom stereocenters. The van der Waals surface area contributed by atoms with Crippen molar-refractivity contribution in [3.63, 3.8) is 0 Å². The Balaban J connectivity index is 1.24. The van der Waals surface area contributed by atoms with E-state index in [2.05, 4.69) is 10.3 Å². The van der Waals surface area contributed by atoms with Crippen LogP contribution in [0.3, 0.4) is 0 Å². The van der Waals surface area contributed by atoms with Crippen molar-refractivity contribution in [1.29, 1.82) is 0 Å². The Hall–Kier alpha value is -3.03. The van der Waals surface area contributed by atoms with E-state index in [1.165, 1.54) is 4.90 Å². The summed E-state index contributed by atoms with van der Waals surface area (Å²) >= 11 is 0. The number of benzene rings is 1. The van der Waals surface area contributed by atoms with Crippen molar-refractivity contribution in [2.75, 3.05) is 13.1 Å². The van der Waals surface area contributed by atoms with Gasteiger partial charge in [-0.3, -0.25) is 19.3 Å². The third-order valence-corrected chi connectivity index (χ3v) is 5.83. The summed E-state index contributed by atoms with van der Waals surface area (Å²) < 4.78 is 1.58. The first-order chi connectivity index (χ1) is 13.1. The van der Waals surface area contributed by atoms with Gasteiger partial charge in [0.25, 0.3) is 0 Å². The van der Waals surface area contributed by atoms with Crippen molar-refractivity contribution in [1.82, 2.24) is 24.8 Å². The Kier molecular flexibility index (Phi) is 3.60. The van der Waals surface area contributed by atoms with Crippen LogP contribution in [0.2, 0.25) is 0 Å². The van der Waals surface area contributed by atoms with Crippen LogP contribution in [0, 0.1) is 11.8 Å². The molecule has 0 saturated carbocycles. The summed E-state index contributed by atoms with van der Waals surface area (Å²) in [6.07, 6.45) is 5.24. The molecule has 3 amide bonds. The number of nitrogens with zero attached hydrogens (tertiary/aromatic N) is 5. The fourth-order valence-corrected chi connectivity index (χ4v) is 4.27. The van der Waals surface area contributed by atoms with Crippen LogP contribution in [0.1, 0.15) is 12.8 Å². The molecule has 1 aliphatic carbocycles. The molecule has 3 aliphatic rings. The minimum Gasteiger partial charge on any atom is -0.337 e. The zero-order valence-corrected chi connectivity index (χ0v) is 14.7. The number of para-hydroxylation sites is 1. The minimum absolute atomic E-state index is 0.0753. The van der Waals surface area contributed by atoms with E-state index in [1.807, 2.05) is 36.4 Å². The van der Waals surface area contributed by atoms with Gasteiger partial charge in [0.15, 0.2) is 0 Å². The molecular formula is C19H19N5O3. The summed E-state index contributed by atoms with van der Waals surface area (Å²) in [6.45, 7) is 0.899. The summed E-state index contributed by atoms with van der Waals surface area (Å²) in [7, 11) is 0. The van der Waals surface area contributed by atoms with Crippen LogP contribution < -0.4 is 0 Å². The average Bonchev–Trinajstić information content (AvgIpc) is 3.16. The molecule has 1 aromatic carbocycles. The second kappa shape index (κ2) is 6.00. The third-order valence-electron chi connectivity index (χ3n) is 5.83. The number of hydrogen-bond donors (Lipinski definition) is 0. The summed E-state index contributed by atoms with van der Waals surface area (Å²) in [6, 6.07) is 7.28.